The fourth-order valence-electron chi connectivity index (χ4n) is 3.18. The van der Waals surface area contributed by atoms with Gasteiger partial charge in [-0.15, -0.1) is 0 Å². The van der Waals surface area contributed by atoms with Crippen LogP contribution in [-0.4, -0.2) is 20.4 Å². The van der Waals surface area contributed by atoms with Crippen LogP contribution in [0.15, 0.2) is 36.5 Å². The second-order valence-corrected chi connectivity index (χ2v) is 6.13. The number of aromatic nitrogens is 3. The number of nitrogens with zero attached hydrogens (tertiary/aromatic N) is 3. The Morgan fingerprint density at radius 1 is 1.14 bits per heavy atom. The number of hydrogen-bond donors (Lipinski definition) is 0. The van der Waals surface area contributed by atoms with Crippen LogP contribution in [0.4, 0.5) is 0 Å². The number of fused-ring (bicyclic) bond motifs is 2. The quantitative estimate of drug-likeness (QED) is 0.691. The predicted molar refractivity (Wildman–Crippen MR) is 84.3 cm³/mol. The summed E-state index contributed by atoms with van der Waals surface area (Å²) in [4.78, 5) is 17.2. The highest BCUT2D eigenvalue weighted by molar-refractivity contribution is 5.98. The van der Waals surface area contributed by atoms with E-state index in [-0.39, 0.29) is 11.7 Å². The topological polar surface area (TPSA) is 47.3 Å². The van der Waals surface area contributed by atoms with Gasteiger partial charge < -0.3 is 0 Å². The molecule has 2 heterocycles. The lowest BCUT2D eigenvalue weighted by atomic mass is 9.82. The van der Waals surface area contributed by atoms with Gasteiger partial charge in [-0.05, 0) is 31.7 Å². The van der Waals surface area contributed by atoms with Gasteiger partial charge in [0, 0.05) is 18.7 Å². The van der Waals surface area contributed by atoms with E-state index in [0.717, 1.165) is 29.0 Å². The first kappa shape index (κ1) is 13.2. The van der Waals surface area contributed by atoms with Crippen molar-refractivity contribution in [2.24, 2.45) is 0 Å². The average molecular weight is 291 g/mol. The molecule has 4 rings (SSSR count). The second kappa shape index (κ2) is 4.77. The van der Waals surface area contributed by atoms with Crippen LogP contribution in [0.2, 0.25) is 0 Å². The van der Waals surface area contributed by atoms with Gasteiger partial charge in [-0.25, -0.2) is 9.50 Å². The Hall–Kier alpha value is -2.49. The summed E-state index contributed by atoms with van der Waals surface area (Å²) in [5.41, 5.74) is 5.80. The van der Waals surface area contributed by atoms with E-state index in [2.05, 4.69) is 41.3 Å². The molecule has 1 aliphatic carbocycles. The molecule has 0 saturated heterocycles. The first-order valence-electron chi connectivity index (χ1n) is 7.56. The zero-order valence-electron chi connectivity index (χ0n) is 12.7. The number of aryl methyl sites for hydroxylation is 2. The van der Waals surface area contributed by atoms with Crippen molar-refractivity contribution in [3.63, 3.8) is 0 Å². The molecule has 4 nitrogen and oxygen atoms in total. The Kier molecular flexibility index (Phi) is 2.86. The maximum absolute atomic E-state index is 12.5. The van der Waals surface area contributed by atoms with Crippen molar-refractivity contribution < 1.29 is 4.79 Å². The standard InChI is InChI=1S/C18H17N3O/c1-11-3-5-13(6-4-11)14-8-16-15(17(22)9-14)10-21-18(19-16)7-12(2)20-21/h3-7,10,14H,8-9H2,1-2H3. The lowest BCUT2D eigenvalue weighted by Crippen LogP contribution is -2.21. The molecule has 2 aromatic heterocycles. The molecule has 1 unspecified atom stereocenters. The van der Waals surface area contributed by atoms with E-state index in [0.29, 0.717) is 6.42 Å². The summed E-state index contributed by atoms with van der Waals surface area (Å²) in [6, 6.07) is 10.4. The van der Waals surface area contributed by atoms with E-state index in [1.165, 1.54) is 11.1 Å². The second-order valence-electron chi connectivity index (χ2n) is 6.13. The molecule has 0 radical (unpaired) electrons. The predicted octanol–water partition coefficient (Wildman–Crippen LogP) is 3.26. The SMILES string of the molecule is Cc1ccc(C2CC(=O)c3cn4nc(C)cc4nc3C2)cc1. The minimum absolute atomic E-state index is 0.161. The summed E-state index contributed by atoms with van der Waals surface area (Å²) in [6.07, 6.45) is 3.19. The van der Waals surface area contributed by atoms with Gasteiger partial charge in [0.05, 0.1) is 17.0 Å². The molecule has 0 saturated carbocycles. The van der Waals surface area contributed by atoms with Crippen LogP contribution >= 0.6 is 0 Å². The van der Waals surface area contributed by atoms with E-state index in [1.807, 2.05) is 19.2 Å². The third kappa shape index (κ3) is 2.11. The number of Topliss-reactive ketones (excluding diaryl/α,β-unsaturated/α-hetero) is 1. The molecule has 1 aliphatic rings. The van der Waals surface area contributed by atoms with Crippen molar-refractivity contribution in [1.29, 1.82) is 0 Å². The van der Waals surface area contributed by atoms with Crippen LogP contribution in [0.25, 0.3) is 5.65 Å². The monoisotopic (exact) mass is 291 g/mol. The van der Waals surface area contributed by atoms with E-state index < -0.39 is 0 Å². The molecule has 0 aliphatic heterocycles. The summed E-state index contributed by atoms with van der Waals surface area (Å²) in [5.74, 6) is 0.383. The molecular formula is C18H17N3O. The molecule has 0 spiro atoms. The van der Waals surface area contributed by atoms with Crippen LogP contribution < -0.4 is 0 Å². The average Bonchev–Trinajstić information content (AvgIpc) is 2.85. The molecule has 0 bridgehead atoms. The third-order valence-electron chi connectivity index (χ3n) is 4.37. The smallest absolute Gasteiger partial charge is 0.166 e. The number of carbonyl (C=O) groups is 1. The maximum atomic E-state index is 12.5. The molecular weight excluding hydrogens is 274 g/mol. The fourth-order valence-corrected chi connectivity index (χ4v) is 3.18. The molecule has 3 aromatic rings. The van der Waals surface area contributed by atoms with Gasteiger partial charge in [0.15, 0.2) is 11.4 Å². The molecule has 1 atom stereocenters. The van der Waals surface area contributed by atoms with Crippen LogP contribution in [-0.2, 0) is 6.42 Å². The first-order valence-corrected chi connectivity index (χ1v) is 7.56. The summed E-state index contributed by atoms with van der Waals surface area (Å²) < 4.78 is 1.71. The highest BCUT2D eigenvalue weighted by atomic mass is 16.1. The number of benzene rings is 1. The summed E-state index contributed by atoms with van der Waals surface area (Å²) in [5, 5.41) is 4.34. The first-order chi connectivity index (χ1) is 10.6. The Balaban J connectivity index is 1.77. The van der Waals surface area contributed by atoms with Crippen molar-refractivity contribution in [3.05, 3.63) is 64.6 Å². The largest absolute Gasteiger partial charge is 0.294 e. The molecule has 0 fully saturated rings. The van der Waals surface area contributed by atoms with Crippen molar-refractivity contribution in [3.8, 4) is 0 Å². The van der Waals surface area contributed by atoms with Gasteiger partial charge in [-0.3, -0.25) is 4.79 Å². The minimum Gasteiger partial charge on any atom is -0.294 e. The molecule has 1 aromatic carbocycles. The van der Waals surface area contributed by atoms with Gasteiger partial charge in [-0.2, -0.15) is 5.10 Å². The van der Waals surface area contributed by atoms with Crippen molar-refractivity contribution in [1.82, 2.24) is 14.6 Å². The van der Waals surface area contributed by atoms with E-state index in [1.54, 1.807) is 4.52 Å². The third-order valence-corrected chi connectivity index (χ3v) is 4.37. The normalized spacial score (nSPS) is 17.7. The Labute approximate surface area is 128 Å². The van der Waals surface area contributed by atoms with Crippen molar-refractivity contribution in [2.45, 2.75) is 32.6 Å². The molecule has 0 amide bonds. The summed E-state index contributed by atoms with van der Waals surface area (Å²) in [7, 11) is 0. The van der Waals surface area contributed by atoms with E-state index in [4.69, 9.17) is 0 Å². The maximum Gasteiger partial charge on any atom is 0.166 e. The van der Waals surface area contributed by atoms with Crippen LogP contribution in [0.5, 0.6) is 0 Å². The van der Waals surface area contributed by atoms with Gasteiger partial charge in [0.25, 0.3) is 0 Å². The van der Waals surface area contributed by atoms with Crippen LogP contribution in [0.1, 0.15) is 45.2 Å². The lowest BCUT2D eigenvalue weighted by Gasteiger charge is -2.23. The molecule has 0 N–H and O–H groups in total. The van der Waals surface area contributed by atoms with Gasteiger partial charge in [0.1, 0.15) is 0 Å². The Morgan fingerprint density at radius 2 is 1.91 bits per heavy atom. The number of hydrogen-bond acceptors (Lipinski definition) is 3. The highest BCUT2D eigenvalue weighted by Gasteiger charge is 2.28. The van der Waals surface area contributed by atoms with Gasteiger partial charge in [0.2, 0.25) is 0 Å². The fraction of sp³-hybridized carbons (Fsp3) is 0.278. The number of carbonyl (C=O) groups excluding carboxylic acids is 1. The van der Waals surface area contributed by atoms with Crippen molar-refractivity contribution in [2.75, 3.05) is 0 Å². The lowest BCUT2D eigenvalue weighted by molar-refractivity contribution is 0.0962. The summed E-state index contributed by atoms with van der Waals surface area (Å²) in [6.45, 7) is 4.01. The van der Waals surface area contributed by atoms with E-state index >= 15 is 0 Å². The van der Waals surface area contributed by atoms with Crippen LogP contribution in [0.3, 0.4) is 0 Å². The Morgan fingerprint density at radius 3 is 2.68 bits per heavy atom. The zero-order valence-corrected chi connectivity index (χ0v) is 12.7. The van der Waals surface area contributed by atoms with Crippen LogP contribution in [0, 0.1) is 13.8 Å². The summed E-state index contributed by atoms with van der Waals surface area (Å²) >= 11 is 0. The Bertz CT molecular complexity index is 877. The molecule has 110 valence electrons. The number of rotatable bonds is 1. The van der Waals surface area contributed by atoms with E-state index in [9.17, 15) is 4.79 Å². The van der Waals surface area contributed by atoms with Gasteiger partial charge >= 0.3 is 0 Å². The minimum atomic E-state index is 0.161. The van der Waals surface area contributed by atoms with Gasteiger partial charge in [-0.1, -0.05) is 29.8 Å². The molecule has 4 heteroatoms. The molecule has 22 heavy (non-hydrogen) atoms. The van der Waals surface area contributed by atoms with Crippen molar-refractivity contribution >= 4 is 11.4 Å². The highest BCUT2D eigenvalue weighted by Crippen LogP contribution is 2.32. The zero-order chi connectivity index (χ0) is 15.3. The number of ketones is 1.